The Morgan fingerprint density at radius 1 is 1.16 bits per heavy atom. The van der Waals surface area contributed by atoms with E-state index < -0.39 is 11.9 Å². The number of hydrogen-bond donors (Lipinski definition) is 2. The largest absolute Gasteiger partial charge is 0.478 e. The minimum absolute atomic E-state index is 0.0139. The molecule has 0 spiro atoms. The highest BCUT2D eigenvalue weighted by atomic mass is 16.4. The van der Waals surface area contributed by atoms with E-state index in [1.807, 2.05) is 18.7 Å². The van der Waals surface area contributed by atoms with Crippen molar-refractivity contribution >= 4 is 17.6 Å². The molecule has 0 radical (unpaired) electrons. The van der Waals surface area contributed by atoms with Crippen LogP contribution in [0, 0.1) is 13.8 Å². The summed E-state index contributed by atoms with van der Waals surface area (Å²) in [5.41, 5.74) is 6.63. The summed E-state index contributed by atoms with van der Waals surface area (Å²) >= 11 is 0. The third kappa shape index (κ3) is 2.67. The molecule has 0 aliphatic carbocycles. The number of aromatic carboxylic acids is 1. The van der Waals surface area contributed by atoms with E-state index in [0.717, 1.165) is 0 Å². The number of carbonyl (C=O) groups is 2. The van der Waals surface area contributed by atoms with Gasteiger partial charge in [-0.2, -0.15) is 0 Å². The fourth-order valence-electron chi connectivity index (χ4n) is 2.28. The van der Waals surface area contributed by atoms with Gasteiger partial charge in [0.1, 0.15) is 0 Å². The highest BCUT2D eigenvalue weighted by Crippen LogP contribution is 2.28. The van der Waals surface area contributed by atoms with Gasteiger partial charge in [-0.1, -0.05) is 0 Å². The molecule has 1 aromatic rings. The van der Waals surface area contributed by atoms with E-state index in [4.69, 9.17) is 5.73 Å². The van der Waals surface area contributed by atoms with Crippen LogP contribution in [0.15, 0.2) is 0 Å². The average Bonchev–Trinajstić information content (AvgIpc) is 2.31. The molecule has 0 aliphatic rings. The fraction of sp³-hybridized carbons (Fsp3) is 0.462. The van der Waals surface area contributed by atoms with Gasteiger partial charge in [0.15, 0.2) is 0 Å². The standard InChI is InChI=1S/C13H19N3O3/c1-5-16(6-2)11-8(4)15-7(3)9(12(14)17)10(11)13(18)19/h5-6H2,1-4H3,(H2,14,17)(H,18,19). The monoisotopic (exact) mass is 265 g/mol. The summed E-state index contributed by atoms with van der Waals surface area (Å²) in [6, 6.07) is 0. The maximum atomic E-state index is 11.5. The van der Waals surface area contributed by atoms with Crippen LogP contribution in [0.1, 0.15) is 46.0 Å². The van der Waals surface area contributed by atoms with Crippen molar-refractivity contribution in [2.45, 2.75) is 27.7 Å². The number of anilines is 1. The third-order valence-corrected chi connectivity index (χ3v) is 3.07. The molecule has 6 heteroatoms. The number of aromatic nitrogens is 1. The molecule has 6 nitrogen and oxygen atoms in total. The molecule has 3 N–H and O–H groups in total. The van der Waals surface area contributed by atoms with E-state index in [2.05, 4.69) is 4.98 Å². The lowest BCUT2D eigenvalue weighted by molar-refractivity contribution is 0.0692. The number of primary amides is 1. The molecule has 1 aromatic heterocycles. The first-order valence-corrected chi connectivity index (χ1v) is 6.14. The lowest BCUT2D eigenvalue weighted by Gasteiger charge is -2.26. The zero-order valence-corrected chi connectivity index (χ0v) is 11.6. The van der Waals surface area contributed by atoms with Crippen molar-refractivity contribution in [3.05, 3.63) is 22.5 Å². The smallest absolute Gasteiger partial charge is 0.338 e. The fourth-order valence-corrected chi connectivity index (χ4v) is 2.28. The maximum Gasteiger partial charge on any atom is 0.338 e. The van der Waals surface area contributed by atoms with E-state index in [1.54, 1.807) is 13.8 Å². The van der Waals surface area contributed by atoms with E-state index in [0.29, 0.717) is 30.2 Å². The molecule has 1 heterocycles. The van der Waals surface area contributed by atoms with Crippen LogP contribution >= 0.6 is 0 Å². The summed E-state index contributed by atoms with van der Waals surface area (Å²) in [5.74, 6) is -1.93. The third-order valence-electron chi connectivity index (χ3n) is 3.07. The molecule has 19 heavy (non-hydrogen) atoms. The lowest BCUT2D eigenvalue weighted by atomic mass is 10.0. The van der Waals surface area contributed by atoms with Crippen LogP contribution in [0.4, 0.5) is 5.69 Å². The first kappa shape index (κ1) is 14.9. The highest BCUT2D eigenvalue weighted by Gasteiger charge is 2.26. The summed E-state index contributed by atoms with van der Waals surface area (Å²) in [7, 11) is 0. The minimum Gasteiger partial charge on any atom is -0.478 e. The Labute approximate surface area is 112 Å². The van der Waals surface area contributed by atoms with Gasteiger partial charge in [0.25, 0.3) is 5.91 Å². The Bertz CT molecular complexity index is 522. The molecular formula is C13H19N3O3. The second kappa shape index (κ2) is 5.69. The van der Waals surface area contributed by atoms with Crippen molar-refractivity contribution < 1.29 is 14.7 Å². The van der Waals surface area contributed by atoms with Crippen LogP contribution in [-0.2, 0) is 0 Å². The van der Waals surface area contributed by atoms with Gasteiger partial charge in [0, 0.05) is 13.1 Å². The molecule has 1 rings (SSSR count). The van der Waals surface area contributed by atoms with Gasteiger partial charge in [0.05, 0.1) is 28.2 Å². The van der Waals surface area contributed by atoms with Gasteiger partial charge < -0.3 is 15.7 Å². The summed E-state index contributed by atoms with van der Waals surface area (Å²) in [6.07, 6.45) is 0. The van der Waals surface area contributed by atoms with Crippen molar-refractivity contribution in [1.82, 2.24) is 4.98 Å². The Kier molecular flexibility index (Phi) is 4.47. The Balaban J connectivity index is 3.75. The molecule has 0 atom stereocenters. The van der Waals surface area contributed by atoms with Crippen LogP contribution in [0.2, 0.25) is 0 Å². The van der Waals surface area contributed by atoms with Crippen molar-refractivity contribution in [2.75, 3.05) is 18.0 Å². The van der Waals surface area contributed by atoms with Crippen LogP contribution in [-0.4, -0.2) is 35.1 Å². The van der Waals surface area contributed by atoms with Gasteiger partial charge in [-0.15, -0.1) is 0 Å². The average molecular weight is 265 g/mol. The number of carboxylic acids is 1. The summed E-state index contributed by atoms with van der Waals surface area (Å²) < 4.78 is 0. The summed E-state index contributed by atoms with van der Waals surface area (Å²) in [5, 5.41) is 9.42. The van der Waals surface area contributed by atoms with E-state index >= 15 is 0 Å². The Morgan fingerprint density at radius 2 is 1.68 bits per heavy atom. The van der Waals surface area contributed by atoms with Crippen molar-refractivity contribution in [2.24, 2.45) is 5.73 Å². The molecule has 0 unspecified atom stereocenters. The SMILES string of the molecule is CCN(CC)c1c(C)nc(C)c(C(N)=O)c1C(=O)O. The second-order valence-corrected chi connectivity index (χ2v) is 4.22. The van der Waals surface area contributed by atoms with Gasteiger partial charge in [-0.3, -0.25) is 9.78 Å². The van der Waals surface area contributed by atoms with Crippen molar-refractivity contribution in [3.8, 4) is 0 Å². The van der Waals surface area contributed by atoms with Crippen molar-refractivity contribution in [3.63, 3.8) is 0 Å². The number of aryl methyl sites for hydroxylation is 2. The molecule has 0 fully saturated rings. The first-order chi connectivity index (χ1) is 8.84. The van der Waals surface area contributed by atoms with Crippen LogP contribution in [0.5, 0.6) is 0 Å². The molecule has 1 amide bonds. The van der Waals surface area contributed by atoms with Gasteiger partial charge in [-0.05, 0) is 27.7 Å². The quantitative estimate of drug-likeness (QED) is 0.837. The molecule has 0 saturated carbocycles. The van der Waals surface area contributed by atoms with E-state index in [9.17, 15) is 14.7 Å². The second-order valence-electron chi connectivity index (χ2n) is 4.22. The molecule has 0 aliphatic heterocycles. The number of pyridine rings is 1. The van der Waals surface area contributed by atoms with Crippen LogP contribution < -0.4 is 10.6 Å². The number of amides is 1. The predicted molar refractivity (Wildman–Crippen MR) is 72.7 cm³/mol. The van der Waals surface area contributed by atoms with Crippen LogP contribution in [0.3, 0.4) is 0 Å². The Morgan fingerprint density at radius 3 is 2.05 bits per heavy atom. The summed E-state index contributed by atoms with van der Waals surface area (Å²) in [4.78, 5) is 29.1. The predicted octanol–water partition coefficient (Wildman–Crippen LogP) is 1.34. The molecule has 104 valence electrons. The molecule has 0 saturated heterocycles. The Hall–Kier alpha value is -2.11. The maximum absolute atomic E-state index is 11.5. The van der Waals surface area contributed by atoms with Gasteiger partial charge >= 0.3 is 5.97 Å². The summed E-state index contributed by atoms with van der Waals surface area (Å²) in [6.45, 7) is 8.40. The minimum atomic E-state index is -1.16. The molecular weight excluding hydrogens is 246 g/mol. The van der Waals surface area contributed by atoms with E-state index in [1.165, 1.54) is 0 Å². The van der Waals surface area contributed by atoms with Crippen molar-refractivity contribution in [1.29, 1.82) is 0 Å². The first-order valence-electron chi connectivity index (χ1n) is 6.14. The lowest BCUT2D eigenvalue weighted by Crippen LogP contribution is -2.29. The molecule has 0 aromatic carbocycles. The number of carboxylic acid groups (broad SMARTS) is 1. The van der Waals surface area contributed by atoms with Gasteiger partial charge in [-0.25, -0.2) is 4.79 Å². The topological polar surface area (TPSA) is 96.5 Å². The normalized spacial score (nSPS) is 10.3. The van der Waals surface area contributed by atoms with E-state index in [-0.39, 0.29) is 11.1 Å². The van der Waals surface area contributed by atoms with Crippen LogP contribution in [0.25, 0.3) is 0 Å². The number of nitrogens with zero attached hydrogens (tertiary/aromatic N) is 2. The zero-order chi connectivity index (χ0) is 14.7. The number of hydrogen-bond acceptors (Lipinski definition) is 4. The number of carbonyl (C=O) groups excluding carboxylic acids is 1. The zero-order valence-electron chi connectivity index (χ0n) is 11.6. The number of rotatable bonds is 5. The molecule has 0 bridgehead atoms. The highest BCUT2D eigenvalue weighted by molar-refractivity contribution is 6.08. The van der Waals surface area contributed by atoms with Gasteiger partial charge in [0.2, 0.25) is 0 Å². The number of nitrogens with two attached hydrogens (primary N) is 1.